The molecule has 4 nitrogen and oxygen atoms in total. The van der Waals surface area contributed by atoms with Crippen molar-refractivity contribution in [2.24, 2.45) is 0 Å². The number of halogens is 1. The Labute approximate surface area is 117 Å². The third-order valence-corrected chi connectivity index (χ3v) is 4.33. The molecule has 6 heteroatoms. The maximum absolute atomic E-state index is 13.3. The lowest BCUT2D eigenvalue weighted by Crippen LogP contribution is -2.26. The molecule has 1 aromatic carbocycles. The Kier molecular flexibility index (Phi) is 4.46. The lowest BCUT2D eigenvalue weighted by atomic mass is 10.2. The number of benzene rings is 1. The minimum Gasteiger partial charge on any atom is -0.228 e. The molecule has 0 radical (unpaired) electrons. The number of aromatic nitrogens is 1. The number of hydrogen-bond donors (Lipinski definition) is 1. The average molecular weight is 294 g/mol. The summed E-state index contributed by atoms with van der Waals surface area (Å²) in [7, 11) is -3.55. The van der Waals surface area contributed by atoms with Crippen LogP contribution in [0.4, 0.5) is 4.39 Å². The maximum atomic E-state index is 13.3. The first-order valence-corrected chi connectivity index (χ1v) is 7.63. The predicted octanol–water partition coefficient (Wildman–Crippen LogP) is 2.05. The van der Waals surface area contributed by atoms with E-state index in [-0.39, 0.29) is 17.9 Å². The van der Waals surface area contributed by atoms with E-state index in [1.165, 1.54) is 6.20 Å². The standard InChI is InChI=1S/C14H15FN2O2S/c1-11-4-6-13(7-5-11)20(18,19)17-10-8-12-3-2-9-16-14(12)15/h2-7,9,17H,8,10H2,1H3. The third-order valence-electron chi connectivity index (χ3n) is 2.85. The molecule has 20 heavy (non-hydrogen) atoms. The molecule has 0 amide bonds. The molecule has 2 aromatic rings. The molecule has 0 fully saturated rings. The molecule has 0 atom stereocenters. The fraction of sp³-hybridized carbons (Fsp3) is 0.214. The molecule has 0 saturated heterocycles. The minimum absolute atomic E-state index is 0.124. The van der Waals surface area contributed by atoms with E-state index >= 15 is 0 Å². The van der Waals surface area contributed by atoms with Gasteiger partial charge in [0.15, 0.2) is 0 Å². The van der Waals surface area contributed by atoms with Crippen LogP contribution in [0.25, 0.3) is 0 Å². The second-order valence-electron chi connectivity index (χ2n) is 4.41. The van der Waals surface area contributed by atoms with Crippen LogP contribution in [0.5, 0.6) is 0 Å². The Hall–Kier alpha value is -1.79. The first-order valence-electron chi connectivity index (χ1n) is 6.15. The van der Waals surface area contributed by atoms with Crippen molar-refractivity contribution in [2.45, 2.75) is 18.2 Å². The molecule has 0 spiro atoms. The molecule has 1 N–H and O–H groups in total. The van der Waals surface area contributed by atoms with Gasteiger partial charge in [-0.1, -0.05) is 23.8 Å². The van der Waals surface area contributed by atoms with Crippen molar-refractivity contribution >= 4 is 10.0 Å². The highest BCUT2D eigenvalue weighted by Crippen LogP contribution is 2.10. The normalized spacial score (nSPS) is 11.5. The van der Waals surface area contributed by atoms with E-state index in [2.05, 4.69) is 9.71 Å². The van der Waals surface area contributed by atoms with Crippen molar-refractivity contribution in [3.05, 3.63) is 59.7 Å². The summed E-state index contributed by atoms with van der Waals surface area (Å²) in [4.78, 5) is 3.72. The second-order valence-corrected chi connectivity index (χ2v) is 6.18. The molecule has 0 aliphatic rings. The van der Waals surface area contributed by atoms with E-state index in [1.807, 2.05) is 6.92 Å². The Morgan fingerprint density at radius 1 is 1.20 bits per heavy atom. The topological polar surface area (TPSA) is 59.1 Å². The van der Waals surface area contributed by atoms with E-state index in [4.69, 9.17) is 0 Å². The van der Waals surface area contributed by atoms with Crippen LogP contribution in [-0.4, -0.2) is 19.9 Å². The van der Waals surface area contributed by atoms with Crippen molar-refractivity contribution < 1.29 is 12.8 Å². The molecule has 0 aliphatic heterocycles. The predicted molar refractivity (Wildman–Crippen MR) is 74.3 cm³/mol. The molecule has 0 saturated carbocycles. The van der Waals surface area contributed by atoms with Gasteiger partial charge in [0.05, 0.1) is 4.90 Å². The fourth-order valence-electron chi connectivity index (χ4n) is 1.73. The van der Waals surface area contributed by atoms with Crippen molar-refractivity contribution in [2.75, 3.05) is 6.54 Å². The van der Waals surface area contributed by atoms with E-state index < -0.39 is 16.0 Å². The SMILES string of the molecule is Cc1ccc(S(=O)(=O)NCCc2cccnc2F)cc1. The molecule has 1 heterocycles. The van der Waals surface area contributed by atoms with Crippen LogP contribution in [0.2, 0.25) is 0 Å². The van der Waals surface area contributed by atoms with E-state index in [0.717, 1.165) is 5.56 Å². The number of nitrogens with zero attached hydrogens (tertiary/aromatic N) is 1. The summed E-state index contributed by atoms with van der Waals surface area (Å²) < 4.78 is 39.7. The number of aryl methyl sites for hydroxylation is 1. The van der Waals surface area contributed by atoms with Crippen LogP contribution in [0.15, 0.2) is 47.5 Å². The summed E-state index contributed by atoms with van der Waals surface area (Å²) >= 11 is 0. The molecule has 0 aliphatic carbocycles. The van der Waals surface area contributed by atoms with Crippen LogP contribution >= 0.6 is 0 Å². The van der Waals surface area contributed by atoms with Crippen molar-refractivity contribution in [3.63, 3.8) is 0 Å². The van der Waals surface area contributed by atoms with Gasteiger partial charge < -0.3 is 0 Å². The van der Waals surface area contributed by atoms with E-state index in [0.29, 0.717) is 5.56 Å². The summed E-state index contributed by atoms with van der Waals surface area (Å²) in [6, 6.07) is 9.75. The Balaban J connectivity index is 2.00. The summed E-state index contributed by atoms with van der Waals surface area (Å²) in [5, 5.41) is 0. The van der Waals surface area contributed by atoms with Gasteiger partial charge >= 0.3 is 0 Å². The molecule has 1 aromatic heterocycles. The average Bonchev–Trinajstić information content (AvgIpc) is 2.41. The van der Waals surface area contributed by atoms with Gasteiger partial charge in [0.25, 0.3) is 0 Å². The zero-order valence-corrected chi connectivity index (χ0v) is 11.8. The van der Waals surface area contributed by atoms with Gasteiger partial charge in [-0.05, 0) is 31.5 Å². The highest BCUT2D eigenvalue weighted by Gasteiger charge is 2.13. The van der Waals surface area contributed by atoms with Gasteiger partial charge in [-0.2, -0.15) is 4.39 Å². The van der Waals surface area contributed by atoms with Gasteiger partial charge in [-0.25, -0.2) is 18.1 Å². The van der Waals surface area contributed by atoms with Crippen LogP contribution in [0.1, 0.15) is 11.1 Å². The monoisotopic (exact) mass is 294 g/mol. The minimum atomic E-state index is -3.55. The zero-order chi connectivity index (χ0) is 14.6. The van der Waals surface area contributed by atoms with Crippen molar-refractivity contribution in [1.29, 1.82) is 0 Å². The Bertz CT molecular complexity index is 685. The number of hydrogen-bond acceptors (Lipinski definition) is 3. The van der Waals surface area contributed by atoms with Gasteiger partial charge in [0.2, 0.25) is 16.0 Å². The van der Waals surface area contributed by atoms with Crippen molar-refractivity contribution in [1.82, 2.24) is 9.71 Å². The molecular weight excluding hydrogens is 279 g/mol. The van der Waals surface area contributed by atoms with Crippen LogP contribution in [0, 0.1) is 12.9 Å². The third kappa shape index (κ3) is 3.61. The first kappa shape index (κ1) is 14.6. The largest absolute Gasteiger partial charge is 0.240 e. The second kappa shape index (κ2) is 6.11. The highest BCUT2D eigenvalue weighted by atomic mass is 32.2. The molecule has 2 rings (SSSR count). The number of rotatable bonds is 5. The smallest absolute Gasteiger partial charge is 0.228 e. The summed E-state index contributed by atoms with van der Waals surface area (Å²) in [6.07, 6.45) is 1.61. The highest BCUT2D eigenvalue weighted by molar-refractivity contribution is 7.89. The van der Waals surface area contributed by atoms with Gasteiger partial charge in [0, 0.05) is 18.3 Å². The molecule has 106 valence electrons. The summed E-state index contributed by atoms with van der Waals surface area (Å²) in [5.41, 5.74) is 1.38. The van der Waals surface area contributed by atoms with Crippen molar-refractivity contribution in [3.8, 4) is 0 Å². The quantitative estimate of drug-likeness (QED) is 0.859. The van der Waals surface area contributed by atoms with Gasteiger partial charge in [0.1, 0.15) is 0 Å². The lowest BCUT2D eigenvalue weighted by Gasteiger charge is -2.07. The fourth-order valence-corrected chi connectivity index (χ4v) is 2.76. The van der Waals surface area contributed by atoms with Gasteiger partial charge in [-0.15, -0.1) is 0 Å². The van der Waals surface area contributed by atoms with Gasteiger partial charge in [-0.3, -0.25) is 0 Å². The Morgan fingerprint density at radius 3 is 2.55 bits per heavy atom. The van der Waals surface area contributed by atoms with Crippen LogP contribution in [0.3, 0.4) is 0 Å². The van der Waals surface area contributed by atoms with E-state index in [9.17, 15) is 12.8 Å². The summed E-state index contributed by atoms with van der Waals surface area (Å²) in [6.45, 7) is 2.01. The summed E-state index contributed by atoms with van der Waals surface area (Å²) in [5.74, 6) is -0.568. The van der Waals surface area contributed by atoms with E-state index in [1.54, 1.807) is 36.4 Å². The molecule has 0 unspecified atom stereocenters. The molecular formula is C14H15FN2O2S. The Morgan fingerprint density at radius 2 is 1.90 bits per heavy atom. The zero-order valence-electron chi connectivity index (χ0n) is 11.0. The lowest BCUT2D eigenvalue weighted by molar-refractivity contribution is 0.559. The number of pyridine rings is 1. The van der Waals surface area contributed by atoms with Crippen LogP contribution < -0.4 is 4.72 Å². The maximum Gasteiger partial charge on any atom is 0.240 e. The number of nitrogens with one attached hydrogen (secondary N) is 1. The van der Waals surface area contributed by atoms with Crippen LogP contribution in [-0.2, 0) is 16.4 Å². The number of sulfonamides is 1. The molecule has 0 bridgehead atoms. The first-order chi connectivity index (χ1) is 9.49.